The summed E-state index contributed by atoms with van der Waals surface area (Å²) in [7, 11) is 2.45. The molecule has 112 valence electrons. The predicted molar refractivity (Wildman–Crippen MR) is 75.2 cm³/mol. The van der Waals surface area contributed by atoms with Crippen molar-refractivity contribution in [2.24, 2.45) is 0 Å². The second kappa shape index (κ2) is 8.52. The fraction of sp³-hybridized carbons (Fsp3) is 0.267. The summed E-state index contributed by atoms with van der Waals surface area (Å²) in [5.74, 6) is -1.78. The van der Waals surface area contributed by atoms with Gasteiger partial charge >= 0.3 is 11.9 Å². The van der Waals surface area contributed by atoms with E-state index in [0.717, 1.165) is 17.7 Å². The number of rotatable bonds is 6. The minimum Gasteiger partial charge on any atom is -0.467 e. The van der Waals surface area contributed by atoms with Crippen LogP contribution in [0.5, 0.6) is 0 Å². The van der Waals surface area contributed by atoms with Gasteiger partial charge in [0, 0.05) is 18.6 Å². The lowest BCUT2D eigenvalue weighted by molar-refractivity contribution is -0.144. The van der Waals surface area contributed by atoms with Crippen LogP contribution in [0, 0.1) is 0 Å². The molecule has 1 atom stereocenters. The Labute approximate surface area is 122 Å². The third kappa shape index (κ3) is 5.90. The number of methoxy groups -OCH3 is 2. The molecule has 0 aliphatic heterocycles. The Bertz CT molecular complexity index is 524. The van der Waals surface area contributed by atoms with Gasteiger partial charge in [-0.25, -0.2) is 9.59 Å². The van der Waals surface area contributed by atoms with Crippen LogP contribution in [0.15, 0.2) is 42.5 Å². The fourth-order valence-corrected chi connectivity index (χ4v) is 1.62. The lowest BCUT2D eigenvalue weighted by Gasteiger charge is -2.15. The highest BCUT2D eigenvalue weighted by Crippen LogP contribution is 2.04. The number of benzene rings is 1. The topological polar surface area (TPSA) is 81.7 Å². The van der Waals surface area contributed by atoms with E-state index in [-0.39, 0.29) is 0 Å². The Balaban J connectivity index is 2.70. The number of carbonyl (C=O) groups is 3. The number of carbonyl (C=O) groups excluding carboxylic acids is 3. The molecule has 6 nitrogen and oxygen atoms in total. The Morgan fingerprint density at radius 2 is 1.76 bits per heavy atom. The molecule has 6 heteroatoms. The van der Waals surface area contributed by atoms with Gasteiger partial charge in [-0.3, -0.25) is 4.79 Å². The minimum absolute atomic E-state index is 0.297. The monoisotopic (exact) mass is 291 g/mol. The molecule has 0 bridgehead atoms. The molecule has 1 rings (SSSR count). The van der Waals surface area contributed by atoms with Gasteiger partial charge in [-0.1, -0.05) is 30.3 Å². The molecule has 0 saturated carbocycles. The van der Waals surface area contributed by atoms with E-state index in [0.29, 0.717) is 6.42 Å². The molecule has 0 saturated heterocycles. The van der Waals surface area contributed by atoms with Gasteiger partial charge in [0.2, 0.25) is 5.91 Å². The summed E-state index contributed by atoms with van der Waals surface area (Å²) in [6.07, 6.45) is 2.28. The normalized spacial score (nSPS) is 11.7. The molecule has 0 radical (unpaired) electrons. The second-order valence-corrected chi connectivity index (χ2v) is 4.13. The van der Waals surface area contributed by atoms with Crippen LogP contribution < -0.4 is 5.32 Å². The first-order valence-electron chi connectivity index (χ1n) is 6.25. The molecule has 1 N–H and O–H groups in total. The van der Waals surface area contributed by atoms with E-state index in [1.54, 1.807) is 0 Å². The zero-order valence-electron chi connectivity index (χ0n) is 11.9. The van der Waals surface area contributed by atoms with Gasteiger partial charge in [-0.2, -0.15) is 0 Å². The number of amides is 1. The molecule has 1 aromatic rings. The quantitative estimate of drug-likeness (QED) is 0.613. The number of hydrogen-bond donors (Lipinski definition) is 1. The smallest absolute Gasteiger partial charge is 0.330 e. The van der Waals surface area contributed by atoms with Crippen molar-refractivity contribution in [3.05, 3.63) is 48.0 Å². The molecule has 1 unspecified atom stereocenters. The van der Waals surface area contributed by atoms with E-state index in [1.807, 2.05) is 30.3 Å². The second-order valence-electron chi connectivity index (χ2n) is 4.13. The molecule has 0 aliphatic carbocycles. The Hall–Kier alpha value is -2.63. The molecule has 0 heterocycles. The van der Waals surface area contributed by atoms with Crippen molar-refractivity contribution in [3.8, 4) is 0 Å². The minimum atomic E-state index is -0.827. The number of nitrogens with one attached hydrogen (secondary N) is 1. The van der Waals surface area contributed by atoms with E-state index in [1.165, 1.54) is 14.2 Å². The molecule has 1 aromatic carbocycles. The maximum atomic E-state index is 11.7. The van der Waals surface area contributed by atoms with E-state index < -0.39 is 23.9 Å². The molecule has 1 amide bonds. The Kier molecular flexibility index (Phi) is 6.67. The van der Waals surface area contributed by atoms with Gasteiger partial charge < -0.3 is 14.8 Å². The molecular formula is C15H17NO5. The highest BCUT2D eigenvalue weighted by molar-refractivity contribution is 5.96. The van der Waals surface area contributed by atoms with Crippen LogP contribution in [0.4, 0.5) is 0 Å². The largest absolute Gasteiger partial charge is 0.467 e. The van der Waals surface area contributed by atoms with Gasteiger partial charge in [0.15, 0.2) is 0 Å². The first-order chi connectivity index (χ1) is 10.1. The zero-order chi connectivity index (χ0) is 15.7. The highest BCUT2D eigenvalue weighted by atomic mass is 16.5. The maximum absolute atomic E-state index is 11.7. The molecule has 0 aromatic heterocycles. The molecular weight excluding hydrogens is 274 g/mol. The molecule has 0 aliphatic rings. The van der Waals surface area contributed by atoms with Crippen molar-refractivity contribution in [1.29, 1.82) is 0 Å². The first kappa shape index (κ1) is 16.4. The third-order valence-corrected chi connectivity index (χ3v) is 2.66. The summed E-state index contributed by atoms with van der Waals surface area (Å²) < 4.78 is 9.04. The van der Waals surface area contributed by atoms with Crippen molar-refractivity contribution in [2.75, 3.05) is 14.2 Å². The maximum Gasteiger partial charge on any atom is 0.330 e. The first-order valence-corrected chi connectivity index (χ1v) is 6.25. The Morgan fingerprint density at radius 3 is 2.33 bits per heavy atom. The van der Waals surface area contributed by atoms with Crippen LogP contribution in [0.25, 0.3) is 0 Å². The van der Waals surface area contributed by atoms with Gasteiger partial charge in [-0.15, -0.1) is 0 Å². The average molecular weight is 291 g/mol. The van der Waals surface area contributed by atoms with E-state index in [2.05, 4.69) is 14.8 Å². The van der Waals surface area contributed by atoms with Crippen LogP contribution >= 0.6 is 0 Å². The van der Waals surface area contributed by atoms with Crippen LogP contribution in [-0.2, 0) is 30.3 Å². The zero-order valence-corrected chi connectivity index (χ0v) is 11.9. The number of ether oxygens (including phenoxy) is 2. The summed E-state index contributed by atoms with van der Waals surface area (Å²) >= 11 is 0. The van der Waals surface area contributed by atoms with Crippen molar-refractivity contribution in [3.63, 3.8) is 0 Å². The highest BCUT2D eigenvalue weighted by Gasteiger charge is 2.21. The molecule has 0 spiro atoms. The van der Waals surface area contributed by atoms with Crippen molar-refractivity contribution >= 4 is 17.8 Å². The van der Waals surface area contributed by atoms with Crippen molar-refractivity contribution in [1.82, 2.24) is 5.32 Å². The lowest BCUT2D eigenvalue weighted by atomic mass is 10.1. The van der Waals surface area contributed by atoms with Gasteiger partial charge in [-0.05, 0) is 5.56 Å². The molecule has 0 fully saturated rings. The van der Waals surface area contributed by atoms with Gasteiger partial charge in [0.25, 0.3) is 0 Å². The van der Waals surface area contributed by atoms with Crippen LogP contribution in [-0.4, -0.2) is 38.1 Å². The predicted octanol–water partition coefficient (Wildman–Crippen LogP) is 0.616. The van der Waals surface area contributed by atoms with E-state index in [9.17, 15) is 14.4 Å². The number of esters is 2. The summed E-state index contributed by atoms with van der Waals surface area (Å²) in [6, 6.07) is 8.38. The lowest BCUT2D eigenvalue weighted by Crippen LogP contribution is -2.42. The molecule has 21 heavy (non-hydrogen) atoms. The van der Waals surface area contributed by atoms with Crippen LogP contribution in [0.3, 0.4) is 0 Å². The summed E-state index contributed by atoms with van der Waals surface area (Å²) in [5, 5.41) is 2.49. The van der Waals surface area contributed by atoms with Crippen LogP contribution in [0.1, 0.15) is 5.56 Å². The van der Waals surface area contributed by atoms with Gasteiger partial charge in [0.1, 0.15) is 6.04 Å². The SMILES string of the molecule is COC(=O)/C=C\C(=O)NC(Cc1ccccc1)C(=O)OC. The van der Waals surface area contributed by atoms with E-state index in [4.69, 9.17) is 0 Å². The van der Waals surface area contributed by atoms with Crippen molar-refractivity contribution in [2.45, 2.75) is 12.5 Å². The van der Waals surface area contributed by atoms with Crippen molar-refractivity contribution < 1.29 is 23.9 Å². The fourth-order valence-electron chi connectivity index (χ4n) is 1.62. The third-order valence-electron chi connectivity index (χ3n) is 2.66. The summed E-state index contributed by atoms with van der Waals surface area (Å²) in [5.41, 5.74) is 0.880. The van der Waals surface area contributed by atoms with Gasteiger partial charge in [0.05, 0.1) is 14.2 Å². The van der Waals surface area contributed by atoms with Crippen LogP contribution in [0.2, 0.25) is 0 Å². The average Bonchev–Trinajstić information content (AvgIpc) is 2.52. The summed E-state index contributed by atoms with van der Waals surface area (Å²) in [4.78, 5) is 34.3. The van der Waals surface area contributed by atoms with E-state index >= 15 is 0 Å². The standard InChI is InChI=1S/C15H17NO5/c1-20-14(18)9-8-13(17)16-12(15(19)21-2)10-11-6-4-3-5-7-11/h3-9,12H,10H2,1-2H3,(H,16,17)/b9-8-. The Morgan fingerprint density at radius 1 is 1.10 bits per heavy atom. The number of hydrogen-bond acceptors (Lipinski definition) is 5. The summed E-state index contributed by atoms with van der Waals surface area (Å²) in [6.45, 7) is 0.